The Kier molecular flexibility index (Phi) is 6.28. The molecule has 6 nitrogen and oxygen atoms in total. The highest BCUT2D eigenvalue weighted by molar-refractivity contribution is 6.35. The lowest BCUT2D eigenvalue weighted by molar-refractivity contribution is 0.0240. The Balaban J connectivity index is 1.53. The van der Waals surface area contributed by atoms with Gasteiger partial charge in [0.05, 0.1) is 17.8 Å². The number of ether oxygens (including phenoxy) is 1. The van der Waals surface area contributed by atoms with Gasteiger partial charge in [-0.15, -0.1) is 0 Å². The number of aromatic nitrogens is 2. The molecule has 1 saturated heterocycles. The third-order valence-electron chi connectivity index (χ3n) is 5.66. The molecule has 4 rings (SSSR count). The molecule has 3 aromatic rings. The maximum Gasteiger partial charge on any atom is 0.410 e. The van der Waals surface area contributed by atoms with Crippen LogP contribution in [-0.2, 0) is 4.74 Å². The molecule has 0 radical (unpaired) electrons. The van der Waals surface area contributed by atoms with Gasteiger partial charge < -0.3 is 14.5 Å². The standard InChI is InChI=1S/C24H28Cl2N4O2/c1-16(20-8-6-18(25)13-21(20)26)30-22-14-19(7-5-17(22)15-27-30)28-9-11-29(12-10-28)23(31)32-24(2,3)4/h5-8,13-16H,9-12H2,1-4H3/t16-/m1/s1. The van der Waals surface area contributed by atoms with Crippen molar-refractivity contribution in [3.8, 4) is 0 Å². The van der Waals surface area contributed by atoms with E-state index in [1.807, 2.05) is 43.8 Å². The molecule has 1 aliphatic rings. The molecule has 0 aliphatic carbocycles. The van der Waals surface area contributed by atoms with Crippen molar-refractivity contribution in [2.45, 2.75) is 39.3 Å². The second-order valence-electron chi connectivity index (χ2n) is 9.13. The molecule has 170 valence electrons. The van der Waals surface area contributed by atoms with Crippen LogP contribution < -0.4 is 4.90 Å². The van der Waals surface area contributed by atoms with Crippen molar-refractivity contribution in [1.29, 1.82) is 0 Å². The lowest BCUT2D eigenvalue weighted by atomic mass is 10.1. The molecule has 2 aromatic carbocycles. The summed E-state index contributed by atoms with van der Waals surface area (Å²) in [6.07, 6.45) is 1.62. The summed E-state index contributed by atoms with van der Waals surface area (Å²) >= 11 is 12.5. The number of nitrogens with zero attached hydrogens (tertiary/aromatic N) is 4. The molecule has 1 atom stereocenters. The van der Waals surface area contributed by atoms with Gasteiger partial charge in [0.2, 0.25) is 0 Å². The van der Waals surface area contributed by atoms with Gasteiger partial charge in [-0.05, 0) is 63.6 Å². The Bertz CT molecular complexity index is 1130. The van der Waals surface area contributed by atoms with Crippen LogP contribution in [-0.4, -0.2) is 52.6 Å². The van der Waals surface area contributed by atoms with Crippen LogP contribution in [0.15, 0.2) is 42.6 Å². The summed E-state index contributed by atoms with van der Waals surface area (Å²) in [4.78, 5) is 16.4. The van der Waals surface area contributed by atoms with E-state index in [1.54, 1.807) is 11.0 Å². The van der Waals surface area contributed by atoms with Gasteiger partial charge in [0.1, 0.15) is 5.60 Å². The molecule has 1 fully saturated rings. The van der Waals surface area contributed by atoms with Crippen molar-refractivity contribution >= 4 is 45.9 Å². The average Bonchev–Trinajstić information content (AvgIpc) is 3.15. The van der Waals surface area contributed by atoms with Gasteiger partial charge in [-0.3, -0.25) is 4.68 Å². The average molecular weight is 475 g/mol. The monoisotopic (exact) mass is 474 g/mol. The third-order valence-corrected chi connectivity index (χ3v) is 6.22. The van der Waals surface area contributed by atoms with Crippen LogP contribution in [0, 0.1) is 0 Å². The molecule has 32 heavy (non-hydrogen) atoms. The number of amides is 1. The van der Waals surface area contributed by atoms with Crippen molar-refractivity contribution in [3.05, 3.63) is 58.2 Å². The van der Waals surface area contributed by atoms with Crippen molar-refractivity contribution in [3.63, 3.8) is 0 Å². The zero-order chi connectivity index (χ0) is 23.0. The zero-order valence-electron chi connectivity index (χ0n) is 18.8. The Hall–Kier alpha value is -2.44. The number of carbonyl (C=O) groups is 1. The van der Waals surface area contributed by atoms with E-state index >= 15 is 0 Å². The molecule has 1 aliphatic heterocycles. The lowest BCUT2D eigenvalue weighted by Gasteiger charge is -2.36. The molecule has 1 amide bonds. The van der Waals surface area contributed by atoms with E-state index < -0.39 is 5.60 Å². The number of hydrogen-bond donors (Lipinski definition) is 0. The number of halogens is 2. The van der Waals surface area contributed by atoms with Crippen LogP contribution in [0.2, 0.25) is 10.0 Å². The number of rotatable bonds is 3. The van der Waals surface area contributed by atoms with Gasteiger partial charge >= 0.3 is 6.09 Å². The van der Waals surface area contributed by atoms with E-state index in [0.717, 1.165) is 35.2 Å². The number of carbonyl (C=O) groups excluding carboxylic acids is 1. The molecule has 0 saturated carbocycles. The van der Waals surface area contributed by atoms with Gasteiger partial charge in [-0.2, -0.15) is 5.10 Å². The smallest absolute Gasteiger partial charge is 0.410 e. The summed E-state index contributed by atoms with van der Waals surface area (Å²) in [7, 11) is 0. The van der Waals surface area contributed by atoms with E-state index in [2.05, 4.69) is 35.1 Å². The molecule has 0 unspecified atom stereocenters. The largest absolute Gasteiger partial charge is 0.444 e. The second kappa shape index (κ2) is 8.83. The normalized spacial score (nSPS) is 15.8. The van der Waals surface area contributed by atoms with Crippen LogP contribution in [0.25, 0.3) is 10.9 Å². The highest BCUT2D eigenvalue weighted by atomic mass is 35.5. The van der Waals surface area contributed by atoms with Crippen LogP contribution in [0.1, 0.15) is 39.3 Å². The Morgan fingerprint density at radius 1 is 1.06 bits per heavy atom. The maximum absolute atomic E-state index is 12.4. The first-order chi connectivity index (χ1) is 15.1. The molecule has 2 heterocycles. The quantitative estimate of drug-likeness (QED) is 0.466. The fourth-order valence-electron chi connectivity index (χ4n) is 3.98. The van der Waals surface area contributed by atoms with Gasteiger partial charge in [0.25, 0.3) is 0 Å². The SMILES string of the molecule is C[C@H](c1ccc(Cl)cc1Cl)n1ncc2ccc(N3CCN(C(=O)OC(C)(C)C)CC3)cc21. The summed E-state index contributed by atoms with van der Waals surface area (Å²) in [5, 5.41) is 6.94. The van der Waals surface area contributed by atoms with Crippen LogP contribution in [0.5, 0.6) is 0 Å². The Morgan fingerprint density at radius 2 is 1.78 bits per heavy atom. The van der Waals surface area contributed by atoms with E-state index in [0.29, 0.717) is 23.1 Å². The van der Waals surface area contributed by atoms with Crippen molar-refractivity contribution < 1.29 is 9.53 Å². The molecule has 0 N–H and O–H groups in total. The van der Waals surface area contributed by atoms with Gasteiger partial charge in [-0.25, -0.2) is 4.79 Å². The number of anilines is 1. The van der Waals surface area contributed by atoms with Crippen LogP contribution in [0.3, 0.4) is 0 Å². The number of fused-ring (bicyclic) bond motifs is 1. The minimum atomic E-state index is -0.485. The highest BCUT2D eigenvalue weighted by Gasteiger charge is 2.26. The summed E-state index contributed by atoms with van der Waals surface area (Å²) in [5.74, 6) is 0. The second-order valence-corrected chi connectivity index (χ2v) is 9.97. The number of piperazine rings is 1. The Labute approximate surface area is 198 Å². The van der Waals surface area contributed by atoms with Gasteiger partial charge in [0, 0.05) is 47.3 Å². The van der Waals surface area contributed by atoms with Crippen LogP contribution >= 0.6 is 23.2 Å². The lowest BCUT2D eigenvalue weighted by Crippen LogP contribution is -2.50. The molecule has 0 spiro atoms. The van der Waals surface area contributed by atoms with E-state index in [9.17, 15) is 4.79 Å². The maximum atomic E-state index is 12.4. The molecular formula is C24H28Cl2N4O2. The molecular weight excluding hydrogens is 447 g/mol. The van der Waals surface area contributed by atoms with Crippen molar-refractivity contribution in [2.75, 3.05) is 31.1 Å². The minimum absolute atomic E-state index is 0.0449. The number of benzene rings is 2. The fraction of sp³-hybridized carbons (Fsp3) is 0.417. The van der Waals surface area contributed by atoms with Gasteiger partial charge in [0.15, 0.2) is 0 Å². The minimum Gasteiger partial charge on any atom is -0.444 e. The Morgan fingerprint density at radius 3 is 2.44 bits per heavy atom. The first kappa shape index (κ1) is 22.7. The number of hydrogen-bond acceptors (Lipinski definition) is 4. The first-order valence-corrected chi connectivity index (χ1v) is 11.5. The zero-order valence-corrected chi connectivity index (χ0v) is 20.3. The third kappa shape index (κ3) is 4.81. The van der Waals surface area contributed by atoms with Crippen molar-refractivity contribution in [1.82, 2.24) is 14.7 Å². The van der Waals surface area contributed by atoms with E-state index in [4.69, 9.17) is 27.9 Å². The molecule has 8 heteroatoms. The molecule has 1 aromatic heterocycles. The topological polar surface area (TPSA) is 50.6 Å². The van der Waals surface area contributed by atoms with E-state index in [1.165, 1.54) is 0 Å². The van der Waals surface area contributed by atoms with Gasteiger partial charge in [-0.1, -0.05) is 29.3 Å². The van der Waals surface area contributed by atoms with Crippen LogP contribution in [0.4, 0.5) is 10.5 Å². The highest BCUT2D eigenvalue weighted by Crippen LogP contribution is 2.32. The fourth-order valence-corrected chi connectivity index (χ4v) is 4.54. The molecule has 0 bridgehead atoms. The summed E-state index contributed by atoms with van der Waals surface area (Å²) in [6.45, 7) is 10.5. The first-order valence-electron chi connectivity index (χ1n) is 10.8. The predicted molar refractivity (Wildman–Crippen MR) is 130 cm³/mol. The van der Waals surface area contributed by atoms with Crippen molar-refractivity contribution in [2.24, 2.45) is 0 Å². The van der Waals surface area contributed by atoms with E-state index in [-0.39, 0.29) is 12.1 Å². The summed E-state index contributed by atoms with van der Waals surface area (Å²) in [5.41, 5.74) is 2.63. The predicted octanol–water partition coefficient (Wildman–Crippen LogP) is 6.01. The summed E-state index contributed by atoms with van der Waals surface area (Å²) in [6, 6.07) is 11.9. The summed E-state index contributed by atoms with van der Waals surface area (Å²) < 4.78 is 7.50.